The number of methoxy groups -OCH3 is 1. The maximum atomic E-state index is 12.5. The van der Waals surface area contributed by atoms with Crippen LogP contribution in [0, 0.1) is 5.41 Å². The highest BCUT2D eigenvalue weighted by atomic mass is 35.5. The summed E-state index contributed by atoms with van der Waals surface area (Å²) in [6, 6.07) is 10.1. The van der Waals surface area contributed by atoms with E-state index in [-0.39, 0.29) is 23.7 Å². The predicted octanol–water partition coefficient (Wildman–Crippen LogP) is 2.10. The summed E-state index contributed by atoms with van der Waals surface area (Å²) < 4.78 is 7.19. The lowest BCUT2D eigenvalue weighted by molar-refractivity contribution is 0.0511. The standard InChI is InChI=1S/C19H26N4O2.ClH/c1-25-15-19(7-9-20-10-8-19)14-21-18(24)17-11-22-23(13-17)12-16-5-3-2-4-6-16;/h2-6,11,13,20H,7-10,12,14-15H2,1H3,(H,21,24);1H. The van der Waals surface area contributed by atoms with Gasteiger partial charge in [-0.1, -0.05) is 30.3 Å². The quantitative estimate of drug-likeness (QED) is 0.774. The van der Waals surface area contributed by atoms with Crippen LogP contribution in [0.2, 0.25) is 0 Å². The third kappa shape index (κ3) is 5.30. The zero-order valence-electron chi connectivity index (χ0n) is 15.1. The molecule has 0 saturated carbocycles. The lowest BCUT2D eigenvalue weighted by atomic mass is 9.79. The highest BCUT2D eigenvalue weighted by molar-refractivity contribution is 5.93. The van der Waals surface area contributed by atoms with E-state index in [2.05, 4.69) is 15.7 Å². The summed E-state index contributed by atoms with van der Waals surface area (Å²) in [5.74, 6) is -0.0756. The Balaban J connectivity index is 0.00000243. The van der Waals surface area contributed by atoms with E-state index >= 15 is 0 Å². The van der Waals surface area contributed by atoms with Crippen molar-refractivity contribution in [1.82, 2.24) is 20.4 Å². The Kier molecular flexibility index (Phi) is 7.63. The normalized spacial score (nSPS) is 15.9. The first-order chi connectivity index (χ1) is 12.2. The Morgan fingerprint density at radius 3 is 2.73 bits per heavy atom. The SMILES string of the molecule is COCC1(CNC(=O)c2cnn(Cc3ccccc3)c2)CCNCC1.Cl. The summed E-state index contributed by atoms with van der Waals surface area (Å²) in [6.45, 7) is 3.89. The van der Waals surface area contributed by atoms with E-state index in [9.17, 15) is 4.79 Å². The molecule has 1 fully saturated rings. The molecular formula is C19H27ClN4O2. The molecule has 0 aliphatic carbocycles. The second-order valence-corrected chi connectivity index (χ2v) is 6.78. The Labute approximate surface area is 160 Å². The molecule has 26 heavy (non-hydrogen) atoms. The van der Waals surface area contributed by atoms with E-state index in [4.69, 9.17) is 4.74 Å². The van der Waals surface area contributed by atoms with Crippen LogP contribution in [0.5, 0.6) is 0 Å². The topological polar surface area (TPSA) is 68.2 Å². The molecule has 7 heteroatoms. The largest absolute Gasteiger partial charge is 0.384 e. The van der Waals surface area contributed by atoms with Gasteiger partial charge in [-0.3, -0.25) is 9.48 Å². The highest BCUT2D eigenvalue weighted by Crippen LogP contribution is 2.28. The number of hydrogen-bond donors (Lipinski definition) is 2. The van der Waals surface area contributed by atoms with Crippen molar-refractivity contribution in [3.63, 3.8) is 0 Å². The predicted molar refractivity (Wildman–Crippen MR) is 104 cm³/mol. The molecule has 0 unspecified atom stereocenters. The number of nitrogens with zero attached hydrogens (tertiary/aromatic N) is 2. The van der Waals surface area contributed by atoms with Crippen LogP contribution in [0.4, 0.5) is 0 Å². The van der Waals surface area contributed by atoms with Crippen LogP contribution in [-0.4, -0.2) is 49.0 Å². The number of halogens is 1. The summed E-state index contributed by atoms with van der Waals surface area (Å²) in [7, 11) is 1.72. The van der Waals surface area contributed by atoms with Crippen molar-refractivity contribution in [3.8, 4) is 0 Å². The van der Waals surface area contributed by atoms with Gasteiger partial charge in [0, 0.05) is 25.3 Å². The van der Waals surface area contributed by atoms with E-state index < -0.39 is 0 Å². The number of piperidine rings is 1. The van der Waals surface area contributed by atoms with E-state index in [1.54, 1.807) is 24.2 Å². The lowest BCUT2D eigenvalue weighted by Gasteiger charge is -2.37. The molecule has 1 aromatic heterocycles. The minimum atomic E-state index is -0.0756. The van der Waals surface area contributed by atoms with E-state index in [1.165, 1.54) is 0 Å². The summed E-state index contributed by atoms with van der Waals surface area (Å²) in [6.07, 6.45) is 5.44. The molecule has 1 aromatic carbocycles. The monoisotopic (exact) mass is 378 g/mol. The van der Waals surface area contributed by atoms with Crippen LogP contribution >= 0.6 is 12.4 Å². The zero-order chi connectivity index (χ0) is 17.5. The molecule has 0 bridgehead atoms. The van der Waals surface area contributed by atoms with E-state index in [0.717, 1.165) is 31.5 Å². The van der Waals surface area contributed by atoms with Crippen molar-refractivity contribution < 1.29 is 9.53 Å². The number of ether oxygens (including phenoxy) is 1. The second-order valence-electron chi connectivity index (χ2n) is 6.78. The van der Waals surface area contributed by atoms with Gasteiger partial charge in [-0.15, -0.1) is 12.4 Å². The van der Waals surface area contributed by atoms with Crippen molar-refractivity contribution >= 4 is 18.3 Å². The van der Waals surface area contributed by atoms with Gasteiger partial charge < -0.3 is 15.4 Å². The van der Waals surface area contributed by atoms with Crippen molar-refractivity contribution in [2.24, 2.45) is 5.41 Å². The minimum absolute atomic E-state index is 0. The fourth-order valence-corrected chi connectivity index (χ4v) is 3.34. The molecule has 2 heterocycles. The van der Waals surface area contributed by atoms with Crippen LogP contribution in [-0.2, 0) is 11.3 Å². The molecule has 0 radical (unpaired) electrons. The summed E-state index contributed by atoms with van der Waals surface area (Å²) in [5, 5.41) is 10.7. The summed E-state index contributed by atoms with van der Waals surface area (Å²) in [5.41, 5.74) is 1.78. The van der Waals surface area contributed by atoms with Crippen LogP contribution in [0.3, 0.4) is 0 Å². The van der Waals surface area contributed by atoms with Gasteiger partial charge in [-0.05, 0) is 31.5 Å². The van der Waals surface area contributed by atoms with Gasteiger partial charge in [-0.25, -0.2) is 0 Å². The third-order valence-corrected chi connectivity index (χ3v) is 4.82. The Morgan fingerprint density at radius 2 is 2.04 bits per heavy atom. The van der Waals surface area contributed by atoms with Crippen LogP contribution in [0.25, 0.3) is 0 Å². The Morgan fingerprint density at radius 1 is 1.31 bits per heavy atom. The highest BCUT2D eigenvalue weighted by Gasteiger charge is 2.32. The molecule has 1 aliphatic rings. The Hall–Kier alpha value is -1.89. The van der Waals surface area contributed by atoms with Crippen LogP contribution in [0.1, 0.15) is 28.8 Å². The lowest BCUT2D eigenvalue weighted by Crippen LogP contribution is -2.47. The second kappa shape index (κ2) is 9.71. The van der Waals surface area contributed by atoms with Gasteiger partial charge in [0.2, 0.25) is 0 Å². The first-order valence-corrected chi connectivity index (χ1v) is 8.75. The molecule has 2 N–H and O–H groups in total. The molecule has 0 spiro atoms. The molecule has 2 aromatic rings. The smallest absolute Gasteiger partial charge is 0.254 e. The first kappa shape index (κ1) is 20.4. The molecule has 3 rings (SSSR count). The molecule has 142 valence electrons. The fourth-order valence-electron chi connectivity index (χ4n) is 3.34. The van der Waals surface area contributed by atoms with Crippen molar-refractivity contribution in [2.75, 3.05) is 33.4 Å². The zero-order valence-corrected chi connectivity index (χ0v) is 15.9. The molecule has 1 amide bonds. The number of carbonyl (C=O) groups excluding carboxylic acids is 1. The number of amides is 1. The molecule has 1 aliphatic heterocycles. The Bertz CT molecular complexity index is 678. The van der Waals surface area contributed by atoms with Crippen molar-refractivity contribution in [2.45, 2.75) is 19.4 Å². The van der Waals surface area contributed by atoms with Gasteiger partial charge in [0.15, 0.2) is 0 Å². The van der Waals surface area contributed by atoms with E-state index in [1.807, 2.05) is 30.3 Å². The number of benzene rings is 1. The van der Waals surface area contributed by atoms with Crippen molar-refractivity contribution in [1.29, 1.82) is 0 Å². The first-order valence-electron chi connectivity index (χ1n) is 8.75. The summed E-state index contributed by atoms with van der Waals surface area (Å²) in [4.78, 5) is 12.5. The average molecular weight is 379 g/mol. The maximum absolute atomic E-state index is 12.5. The molecule has 6 nitrogen and oxygen atoms in total. The molecule has 0 atom stereocenters. The van der Waals surface area contributed by atoms with Crippen LogP contribution < -0.4 is 10.6 Å². The third-order valence-electron chi connectivity index (χ3n) is 4.82. The number of carbonyl (C=O) groups is 1. The number of nitrogens with one attached hydrogen (secondary N) is 2. The van der Waals surface area contributed by atoms with Crippen LogP contribution in [0.15, 0.2) is 42.7 Å². The molecular weight excluding hydrogens is 352 g/mol. The van der Waals surface area contributed by atoms with Gasteiger partial charge in [-0.2, -0.15) is 5.10 Å². The number of aromatic nitrogens is 2. The van der Waals surface area contributed by atoms with Gasteiger partial charge in [0.05, 0.1) is 24.9 Å². The van der Waals surface area contributed by atoms with E-state index in [0.29, 0.717) is 25.3 Å². The summed E-state index contributed by atoms with van der Waals surface area (Å²) >= 11 is 0. The van der Waals surface area contributed by atoms with Gasteiger partial charge in [0.25, 0.3) is 5.91 Å². The van der Waals surface area contributed by atoms with Crippen molar-refractivity contribution in [3.05, 3.63) is 53.9 Å². The maximum Gasteiger partial charge on any atom is 0.254 e. The fraction of sp³-hybridized carbons (Fsp3) is 0.474. The number of rotatable bonds is 7. The average Bonchev–Trinajstić information content (AvgIpc) is 3.10. The van der Waals surface area contributed by atoms with Gasteiger partial charge >= 0.3 is 0 Å². The van der Waals surface area contributed by atoms with Gasteiger partial charge in [0.1, 0.15) is 0 Å². The number of hydrogen-bond acceptors (Lipinski definition) is 4. The minimum Gasteiger partial charge on any atom is -0.384 e. The molecule has 1 saturated heterocycles.